The lowest BCUT2D eigenvalue weighted by Crippen LogP contribution is -2.51. The smallest absolute Gasteiger partial charge is 0.368 e. The highest BCUT2D eigenvalue weighted by atomic mass is 32.2. The molecule has 11 heteroatoms. The Hall–Kier alpha value is -2.11. The van der Waals surface area contributed by atoms with Crippen LogP contribution in [0, 0.1) is 0 Å². The number of amides is 1. The summed E-state index contributed by atoms with van der Waals surface area (Å²) >= 11 is 1.78. The van der Waals surface area contributed by atoms with Gasteiger partial charge >= 0.3 is 6.18 Å². The average molecular weight is 467 g/mol. The number of piperazine rings is 1. The van der Waals surface area contributed by atoms with Crippen molar-refractivity contribution >= 4 is 34.3 Å². The van der Waals surface area contributed by atoms with Crippen molar-refractivity contribution in [1.82, 2.24) is 25.1 Å². The van der Waals surface area contributed by atoms with E-state index in [1.807, 2.05) is 9.80 Å². The van der Waals surface area contributed by atoms with Gasteiger partial charge in [-0.2, -0.15) is 13.2 Å². The molecule has 3 aliphatic rings. The fraction of sp³-hybridized carbons (Fsp3) is 0.571. The van der Waals surface area contributed by atoms with E-state index in [2.05, 4.69) is 20.2 Å². The van der Waals surface area contributed by atoms with Crippen LogP contribution in [0.2, 0.25) is 0 Å². The van der Waals surface area contributed by atoms with Crippen LogP contribution in [0.3, 0.4) is 0 Å². The van der Waals surface area contributed by atoms with Gasteiger partial charge in [0.25, 0.3) is 0 Å². The quantitative estimate of drug-likeness (QED) is 0.743. The summed E-state index contributed by atoms with van der Waals surface area (Å²) in [4.78, 5) is 26.8. The molecule has 3 saturated heterocycles. The van der Waals surface area contributed by atoms with E-state index >= 15 is 0 Å². The first kappa shape index (κ1) is 21.7. The van der Waals surface area contributed by atoms with Crippen LogP contribution in [0.15, 0.2) is 24.5 Å². The van der Waals surface area contributed by atoms with Gasteiger partial charge in [0.15, 0.2) is 0 Å². The highest BCUT2D eigenvalue weighted by Gasteiger charge is 2.37. The monoisotopic (exact) mass is 466 g/mol. The number of fused-ring (bicyclic) bond motifs is 1. The van der Waals surface area contributed by atoms with Crippen LogP contribution in [0.5, 0.6) is 0 Å². The number of aromatic nitrogens is 2. The van der Waals surface area contributed by atoms with E-state index in [0.717, 1.165) is 50.3 Å². The summed E-state index contributed by atoms with van der Waals surface area (Å²) in [5.74, 6) is 1.96. The molecule has 0 saturated carbocycles. The molecule has 3 fully saturated rings. The number of hydrogen-bond donors (Lipinski definition) is 1. The zero-order valence-electron chi connectivity index (χ0n) is 17.5. The molecule has 0 unspecified atom stereocenters. The van der Waals surface area contributed by atoms with Crippen molar-refractivity contribution in [3.8, 4) is 0 Å². The Kier molecular flexibility index (Phi) is 5.89. The van der Waals surface area contributed by atoms with Crippen molar-refractivity contribution in [2.45, 2.75) is 24.7 Å². The number of alkyl halides is 3. The van der Waals surface area contributed by atoms with Gasteiger partial charge in [0, 0.05) is 74.5 Å². The van der Waals surface area contributed by atoms with Crippen molar-refractivity contribution < 1.29 is 18.0 Å². The Labute approximate surface area is 188 Å². The molecular formula is C21H25F3N6OS. The maximum atomic E-state index is 13.4. The van der Waals surface area contributed by atoms with Gasteiger partial charge in [-0.3, -0.25) is 14.7 Å². The number of carbonyl (C=O) groups excluding carboxylic acids is 1. The number of nitrogens with one attached hydrogen (secondary N) is 1. The summed E-state index contributed by atoms with van der Waals surface area (Å²) < 4.78 is 40.2. The number of hydrogen-bond acceptors (Lipinski definition) is 7. The predicted octanol–water partition coefficient (Wildman–Crippen LogP) is 2.03. The Morgan fingerprint density at radius 3 is 2.72 bits per heavy atom. The normalized spacial score (nSPS) is 25.1. The lowest BCUT2D eigenvalue weighted by molar-refractivity contribution is -0.141. The second kappa shape index (κ2) is 8.68. The molecule has 32 heavy (non-hydrogen) atoms. The van der Waals surface area contributed by atoms with Crippen LogP contribution in [0.4, 0.5) is 18.9 Å². The Morgan fingerprint density at radius 1 is 1.19 bits per heavy atom. The minimum absolute atomic E-state index is 0.138. The lowest BCUT2D eigenvalue weighted by Gasteiger charge is -2.39. The molecule has 2 aromatic rings. The second-order valence-corrected chi connectivity index (χ2v) is 9.50. The molecule has 2 atom stereocenters. The van der Waals surface area contributed by atoms with Crippen molar-refractivity contribution in [1.29, 1.82) is 0 Å². The van der Waals surface area contributed by atoms with Crippen LogP contribution in [0.1, 0.15) is 12.1 Å². The highest BCUT2D eigenvalue weighted by Crippen LogP contribution is 2.35. The third-order valence-corrected chi connectivity index (χ3v) is 7.49. The van der Waals surface area contributed by atoms with Gasteiger partial charge in [0.2, 0.25) is 5.91 Å². The van der Waals surface area contributed by atoms with Gasteiger partial charge in [0.05, 0.1) is 17.4 Å². The fourth-order valence-corrected chi connectivity index (χ4v) is 5.73. The van der Waals surface area contributed by atoms with E-state index < -0.39 is 11.9 Å². The zero-order chi connectivity index (χ0) is 22.3. The minimum atomic E-state index is -4.50. The SMILES string of the molecule is O=C([C@@H]1C[C@H](N2CCN(c3cc(C(F)(F)F)nc4ccncc34)CC2)CN1)N1CCSC1. The summed E-state index contributed by atoms with van der Waals surface area (Å²) in [5.41, 5.74) is -0.0528. The van der Waals surface area contributed by atoms with Crippen LogP contribution in [-0.2, 0) is 11.0 Å². The maximum absolute atomic E-state index is 13.4. The predicted molar refractivity (Wildman–Crippen MR) is 118 cm³/mol. The van der Waals surface area contributed by atoms with Crippen molar-refractivity contribution in [3.63, 3.8) is 0 Å². The summed E-state index contributed by atoms with van der Waals surface area (Å²) in [6.45, 7) is 4.28. The van der Waals surface area contributed by atoms with Crippen molar-refractivity contribution in [3.05, 3.63) is 30.2 Å². The number of carbonyl (C=O) groups is 1. The molecule has 0 bridgehead atoms. The van der Waals surface area contributed by atoms with Gasteiger partial charge in [-0.25, -0.2) is 4.98 Å². The third-order valence-electron chi connectivity index (χ3n) is 6.52. The molecule has 1 amide bonds. The number of nitrogens with zero attached hydrogens (tertiary/aromatic N) is 5. The summed E-state index contributed by atoms with van der Waals surface area (Å²) in [6.07, 6.45) is -0.680. The Bertz CT molecular complexity index is 991. The summed E-state index contributed by atoms with van der Waals surface area (Å²) in [7, 11) is 0. The number of thioether (sulfide) groups is 1. The van der Waals surface area contributed by atoms with Gasteiger partial charge in [-0.1, -0.05) is 0 Å². The molecule has 5 rings (SSSR count). The first-order chi connectivity index (χ1) is 15.4. The topological polar surface area (TPSA) is 64.6 Å². The van der Waals surface area contributed by atoms with Crippen LogP contribution < -0.4 is 10.2 Å². The second-order valence-electron chi connectivity index (χ2n) is 8.43. The molecule has 172 valence electrons. The molecular weight excluding hydrogens is 441 g/mol. The first-order valence-corrected chi connectivity index (χ1v) is 12.0. The Morgan fingerprint density at radius 2 is 2.00 bits per heavy atom. The Balaban J connectivity index is 1.26. The number of anilines is 1. The van der Waals surface area contributed by atoms with Gasteiger partial charge < -0.3 is 15.1 Å². The van der Waals surface area contributed by atoms with Crippen molar-refractivity contribution in [2.75, 3.05) is 55.8 Å². The average Bonchev–Trinajstić information content (AvgIpc) is 3.50. The van der Waals surface area contributed by atoms with E-state index in [1.54, 1.807) is 18.0 Å². The number of pyridine rings is 2. The van der Waals surface area contributed by atoms with Crippen molar-refractivity contribution in [2.24, 2.45) is 0 Å². The van der Waals surface area contributed by atoms with Gasteiger partial charge in [0.1, 0.15) is 5.69 Å². The van der Waals surface area contributed by atoms with E-state index in [-0.39, 0.29) is 18.0 Å². The van der Waals surface area contributed by atoms with E-state index in [4.69, 9.17) is 0 Å². The standard InChI is InChI=1S/C21H25F3N6OS/c22-21(23,24)19-10-18(15-12-25-2-1-16(15)27-19)29-5-3-28(4-6-29)14-9-17(26-11-14)20(31)30-7-8-32-13-30/h1-2,10,12,14,17,26H,3-9,11,13H2/t14-,17-/m0/s1. The lowest BCUT2D eigenvalue weighted by atomic mass is 10.1. The number of halogens is 3. The highest BCUT2D eigenvalue weighted by molar-refractivity contribution is 7.99. The molecule has 3 aliphatic heterocycles. The van der Waals surface area contributed by atoms with E-state index in [0.29, 0.717) is 29.7 Å². The van der Waals surface area contributed by atoms with E-state index in [9.17, 15) is 18.0 Å². The molecule has 0 aromatic carbocycles. The van der Waals surface area contributed by atoms with Crippen LogP contribution in [-0.4, -0.2) is 88.7 Å². The first-order valence-electron chi connectivity index (χ1n) is 10.8. The van der Waals surface area contributed by atoms with Crippen LogP contribution >= 0.6 is 11.8 Å². The number of rotatable bonds is 3. The molecule has 0 aliphatic carbocycles. The third kappa shape index (κ3) is 4.25. The van der Waals surface area contributed by atoms with Crippen LogP contribution in [0.25, 0.3) is 10.9 Å². The molecule has 1 N–H and O–H groups in total. The molecule has 2 aromatic heterocycles. The minimum Gasteiger partial charge on any atom is -0.368 e. The van der Waals surface area contributed by atoms with E-state index in [1.165, 1.54) is 12.3 Å². The van der Waals surface area contributed by atoms with Gasteiger partial charge in [-0.05, 0) is 18.6 Å². The largest absolute Gasteiger partial charge is 0.433 e. The maximum Gasteiger partial charge on any atom is 0.433 e. The zero-order valence-corrected chi connectivity index (χ0v) is 18.3. The molecule has 0 spiro atoms. The molecule has 7 nitrogen and oxygen atoms in total. The van der Waals surface area contributed by atoms with Gasteiger partial charge in [-0.15, -0.1) is 11.8 Å². The fourth-order valence-electron chi connectivity index (χ4n) is 4.78. The summed E-state index contributed by atoms with van der Waals surface area (Å²) in [6, 6.07) is 2.79. The molecule has 0 radical (unpaired) electrons. The summed E-state index contributed by atoms with van der Waals surface area (Å²) in [5, 5.41) is 4.00. The molecule has 5 heterocycles.